The number of methoxy groups -OCH3 is 1. The van der Waals surface area contributed by atoms with Crippen LogP contribution in [0.5, 0.6) is 23.1 Å². The first-order valence-electron chi connectivity index (χ1n) is 22.8. The Morgan fingerprint density at radius 2 is 1.59 bits per heavy atom. The maximum Gasteiger partial charge on any atom is 0.332 e. The van der Waals surface area contributed by atoms with Crippen molar-refractivity contribution in [2.45, 2.75) is 164 Å². The number of ketones is 1. The first kappa shape index (κ1) is 49.5. The number of hydrogen-bond acceptors (Lipinski definition) is 8. The van der Waals surface area contributed by atoms with Crippen molar-refractivity contribution in [3.63, 3.8) is 0 Å². The molecule has 2 amide bonds. The van der Waals surface area contributed by atoms with Gasteiger partial charge in [-0.05, 0) is 92.2 Å². The lowest BCUT2D eigenvalue weighted by atomic mass is 9.71. The van der Waals surface area contributed by atoms with Gasteiger partial charge in [0.1, 0.15) is 22.8 Å². The number of amides is 2. The highest BCUT2D eigenvalue weighted by atomic mass is 16.5. The number of rotatable bonds is 18. The van der Waals surface area contributed by atoms with E-state index in [1.165, 1.54) is 17.9 Å². The lowest BCUT2D eigenvalue weighted by molar-refractivity contribution is -0.135. The number of aromatic hydroxyl groups is 1. The van der Waals surface area contributed by atoms with Gasteiger partial charge in [-0.1, -0.05) is 119 Å². The van der Waals surface area contributed by atoms with Crippen LogP contribution < -0.4 is 30.5 Å². The highest BCUT2D eigenvalue weighted by Crippen LogP contribution is 2.48. The summed E-state index contributed by atoms with van der Waals surface area (Å²) in [5, 5.41) is 16.9. The monoisotopic (exact) mass is 881 g/mol. The van der Waals surface area contributed by atoms with Gasteiger partial charge in [0.05, 0.1) is 25.5 Å². The van der Waals surface area contributed by atoms with Crippen molar-refractivity contribution >= 4 is 29.0 Å². The van der Waals surface area contributed by atoms with Crippen LogP contribution in [-0.4, -0.2) is 50.7 Å². The summed E-state index contributed by atoms with van der Waals surface area (Å²) >= 11 is 0. The number of carbonyl (C=O) groups is 3. The van der Waals surface area contributed by atoms with E-state index in [1.807, 2.05) is 30.3 Å². The fourth-order valence-corrected chi connectivity index (χ4v) is 9.14. The van der Waals surface area contributed by atoms with Crippen molar-refractivity contribution in [2.75, 3.05) is 17.7 Å². The zero-order chi connectivity index (χ0) is 47.4. The minimum Gasteiger partial charge on any atom is -0.495 e. The Kier molecular flexibility index (Phi) is 15.2. The molecule has 0 spiro atoms. The number of carbonyl (C=O) groups excluding carboxylic acids is 3. The number of Topliss-reactive ketones (excluding diaryl/α,β-unsaturated/α-hetero) is 1. The van der Waals surface area contributed by atoms with Crippen LogP contribution in [-0.2, 0) is 26.3 Å². The Morgan fingerprint density at radius 1 is 0.906 bits per heavy atom. The topological polar surface area (TPSA) is 150 Å². The standard InChI is InChI=1S/C52H72N4O8/c1-14-15-16-20-23-40(63-42-27-36-33(2)29-52(11,12)64-41(36)28-37(42)51(9,10)32-49(3,4)5)46(59)53-35-24-25-39(62-13)38(26-35)54-47(60)44(45(58)50(6,7)8)56-43(57)31-55(48(56)61)30-34-21-18-17-19-22-34/h17-19,21-22,24-28,31,33,40,44,57H,14-16,20,23,29-30,32H2,1-13H3,(H,53,59)(H,54,60). The van der Waals surface area contributed by atoms with Gasteiger partial charge in [0.15, 0.2) is 17.9 Å². The molecule has 3 atom stereocenters. The number of ether oxygens (including phenoxy) is 3. The largest absolute Gasteiger partial charge is 0.495 e. The van der Waals surface area contributed by atoms with Crippen molar-refractivity contribution < 1.29 is 33.7 Å². The van der Waals surface area contributed by atoms with Crippen molar-refractivity contribution in [2.24, 2.45) is 10.8 Å². The number of nitrogens with zero attached hydrogens (tertiary/aromatic N) is 2. The van der Waals surface area contributed by atoms with Crippen LogP contribution >= 0.6 is 0 Å². The molecule has 1 aromatic heterocycles. The van der Waals surface area contributed by atoms with Crippen LogP contribution in [0.3, 0.4) is 0 Å². The SMILES string of the molecule is CCCCCCC(Oc1cc2c(cc1C(C)(C)CC(C)(C)C)OC(C)(C)CC2C)C(=O)Nc1ccc(OC)c(NC(=O)C(C(=O)C(C)(C)C)n2c(O)cn(Cc3ccccc3)c2=O)c1. The summed E-state index contributed by atoms with van der Waals surface area (Å²) in [6.07, 6.45) is 6.32. The Hall–Kier alpha value is -5.52. The second-order valence-corrected chi connectivity index (χ2v) is 21.1. The van der Waals surface area contributed by atoms with Gasteiger partial charge in [-0.3, -0.25) is 19.0 Å². The number of fused-ring (bicyclic) bond motifs is 1. The molecule has 12 nitrogen and oxygen atoms in total. The van der Waals surface area contributed by atoms with E-state index in [-0.39, 0.29) is 46.2 Å². The predicted molar refractivity (Wildman–Crippen MR) is 254 cm³/mol. The molecule has 1 aliphatic rings. The van der Waals surface area contributed by atoms with E-state index in [0.29, 0.717) is 17.9 Å². The summed E-state index contributed by atoms with van der Waals surface area (Å²) in [5.74, 6) is -0.395. The molecular weight excluding hydrogens is 809 g/mol. The molecule has 1 aliphatic heterocycles. The third-order valence-corrected chi connectivity index (χ3v) is 11.8. The number of hydrogen-bond donors (Lipinski definition) is 3. The van der Waals surface area contributed by atoms with E-state index >= 15 is 0 Å². The van der Waals surface area contributed by atoms with Crippen LogP contribution in [0.25, 0.3) is 0 Å². The number of anilines is 2. The van der Waals surface area contributed by atoms with E-state index in [9.17, 15) is 24.3 Å². The normalized spacial score (nSPS) is 15.9. The quantitative estimate of drug-likeness (QED) is 0.0660. The molecule has 0 saturated heterocycles. The van der Waals surface area contributed by atoms with Crippen LogP contribution in [0.4, 0.5) is 11.4 Å². The van der Waals surface area contributed by atoms with E-state index < -0.39 is 40.8 Å². The molecule has 4 aromatic rings. The molecule has 0 fully saturated rings. The molecular formula is C52H72N4O8. The van der Waals surface area contributed by atoms with Gasteiger partial charge >= 0.3 is 5.69 Å². The van der Waals surface area contributed by atoms with Gasteiger partial charge in [0.2, 0.25) is 5.88 Å². The summed E-state index contributed by atoms with van der Waals surface area (Å²) < 4.78 is 21.2. The highest BCUT2D eigenvalue weighted by Gasteiger charge is 2.40. The third-order valence-electron chi connectivity index (χ3n) is 11.8. The minimum atomic E-state index is -1.74. The number of benzene rings is 3. The van der Waals surface area contributed by atoms with E-state index in [0.717, 1.165) is 65.5 Å². The second kappa shape index (κ2) is 19.7. The lowest BCUT2D eigenvalue weighted by Crippen LogP contribution is -2.43. The average molecular weight is 881 g/mol. The summed E-state index contributed by atoms with van der Waals surface area (Å²) in [4.78, 5) is 56.7. The molecule has 3 aromatic carbocycles. The van der Waals surface area contributed by atoms with Gasteiger partial charge in [0, 0.05) is 22.2 Å². The van der Waals surface area contributed by atoms with Gasteiger partial charge in [-0.15, -0.1) is 0 Å². The maximum atomic E-state index is 14.5. The van der Waals surface area contributed by atoms with Gasteiger partial charge in [0.25, 0.3) is 11.8 Å². The van der Waals surface area contributed by atoms with Crippen LogP contribution in [0, 0.1) is 10.8 Å². The Labute approximate surface area is 380 Å². The summed E-state index contributed by atoms with van der Waals surface area (Å²) in [5.41, 5.74) is 0.858. The van der Waals surface area contributed by atoms with E-state index in [2.05, 4.69) is 85.1 Å². The Balaban J connectivity index is 1.49. The fraction of sp³-hybridized carbons (Fsp3) is 0.538. The predicted octanol–water partition coefficient (Wildman–Crippen LogP) is 10.9. The highest BCUT2D eigenvalue weighted by molar-refractivity contribution is 6.11. The zero-order valence-corrected chi connectivity index (χ0v) is 40.4. The number of imidazole rings is 1. The first-order chi connectivity index (χ1) is 29.8. The van der Waals surface area contributed by atoms with Gasteiger partial charge in [-0.2, -0.15) is 0 Å². The Morgan fingerprint density at radius 3 is 2.22 bits per heavy atom. The maximum absolute atomic E-state index is 14.5. The van der Waals surface area contributed by atoms with Crippen LogP contribution in [0.2, 0.25) is 0 Å². The molecule has 0 radical (unpaired) electrons. The number of unbranched alkanes of at least 4 members (excludes halogenated alkanes) is 3. The van der Waals surface area contributed by atoms with E-state index in [4.69, 9.17) is 14.2 Å². The van der Waals surface area contributed by atoms with Crippen LogP contribution in [0.15, 0.2) is 71.7 Å². The molecule has 0 bridgehead atoms. The molecule has 2 heterocycles. The van der Waals surface area contributed by atoms with Crippen molar-refractivity contribution in [1.82, 2.24) is 9.13 Å². The van der Waals surface area contributed by atoms with Crippen molar-refractivity contribution in [3.05, 3.63) is 94.0 Å². The molecule has 3 N–H and O–H groups in total. The smallest absolute Gasteiger partial charge is 0.332 e. The average Bonchev–Trinajstić information content (AvgIpc) is 3.45. The molecule has 5 rings (SSSR count). The fourth-order valence-electron chi connectivity index (χ4n) is 9.14. The van der Waals surface area contributed by atoms with E-state index in [1.54, 1.807) is 39.0 Å². The number of nitrogens with one attached hydrogen (secondary N) is 2. The summed E-state index contributed by atoms with van der Waals surface area (Å²) in [6.45, 7) is 24.7. The summed E-state index contributed by atoms with van der Waals surface area (Å²) in [6, 6.07) is 16.5. The van der Waals surface area contributed by atoms with Crippen LogP contribution in [0.1, 0.15) is 157 Å². The Bertz CT molecular complexity index is 2350. The molecule has 64 heavy (non-hydrogen) atoms. The second-order valence-electron chi connectivity index (χ2n) is 21.1. The minimum absolute atomic E-state index is 0.00632. The lowest BCUT2D eigenvalue weighted by Gasteiger charge is -2.39. The van der Waals surface area contributed by atoms with Gasteiger partial charge in [-0.25, -0.2) is 9.36 Å². The molecule has 348 valence electrons. The molecule has 3 unspecified atom stereocenters. The molecule has 12 heteroatoms. The zero-order valence-electron chi connectivity index (χ0n) is 40.4. The third kappa shape index (κ3) is 12.2. The first-order valence-corrected chi connectivity index (χ1v) is 22.8. The van der Waals surface area contributed by atoms with Gasteiger partial charge < -0.3 is 30.0 Å². The molecule has 0 aliphatic carbocycles. The summed E-state index contributed by atoms with van der Waals surface area (Å²) in [7, 11) is 1.44. The van der Waals surface area contributed by atoms with Crippen molar-refractivity contribution in [1.29, 1.82) is 0 Å². The van der Waals surface area contributed by atoms with Crippen molar-refractivity contribution in [3.8, 4) is 23.1 Å². The number of aromatic nitrogens is 2. The molecule has 0 saturated carbocycles.